The van der Waals surface area contributed by atoms with Gasteiger partial charge in [-0.25, -0.2) is 4.79 Å². The number of nitrogens with zero attached hydrogens (tertiary/aromatic N) is 1. The largest absolute Gasteiger partial charge is 0.492 e. The third-order valence-electron chi connectivity index (χ3n) is 3.70. The number of urea groups is 1. The lowest BCUT2D eigenvalue weighted by Crippen LogP contribution is -2.29. The summed E-state index contributed by atoms with van der Waals surface area (Å²) in [5.41, 5.74) is 1.34. The van der Waals surface area contributed by atoms with E-state index in [0.717, 1.165) is 11.4 Å². The average molecular weight is 325 g/mol. The summed E-state index contributed by atoms with van der Waals surface area (Å²) in [6, 6.07) is 16.3. The van der Waals surface area contributed by atoms with Crippen LogP contribution in [0.4, 0.5) is 10.5 Å². The maximum absolute atomic E-state index is 12.1. The lowest BCUT2D eigenvalue weighted by atomic mass is 10.2. The van der Waals surface area contributed by atoms with Crippen molar-refractivity contribution in [1.82, 2.24) is 10.6 Å². The zero-order valence-electron chi connectivity index (χ0n) is 13.2. The molecule has 1 aliphatic rings. The van der Waals surface area contributed by atoms with Crippen LogP contribution in [0.1, 0.15) is 10.4 Å². The van der Waals surface area contributed by atoms with E-state index in [1.165, 1.54) is 0 Å². The van der Waals surface area contributed by atoms with Gasteiger partial charge in [-0.3, -0.25) is 9.69 Å². The Kier molecular flexibility index (Phi) is 4.96. The zero-order valence-corrected chi connectivity index (χ0v) is 13.2. The van der Waals surface area contributed by atoms with Gasteiger partial charge in [-0.15, -0.1) is 0 Å². The topological polar surface area (TPSA) is 70.7 Å². The first-order chi connectivity index (χ1) is 11.7. The first-order valence-corrected chi connectivity index (χ1v) is 7.85. The monoisotopic (exact) mass is 325 g/mol. The van der Waals surface area contributed by atoms with Crippen molar-refractivity contribution in [2.75, 3.05) is 31.1 Å². The van der Waals surface area contributed by atoms with Gasteiger partial charge in [-0.1, -0.05) is 18.2 Å². The number of hydrogen-bond acceptors (Lipinski definition) is 3. The van der Waals surface area contributed by atoms with Crippen LogP contribution in [0.15, 0.2) is 54.6 Å². The van der Waals surface area contributed by atoms with Gasteiger partial charge in [0.15, 0.2) is 0 Å². The lowest BCUT2D eigenvalue weighted by molar-refractivity contribution is 0.0947. The van der Waals surface area contributed by atoms with Crippen LogP contribution < -0.4 is 20.3 Å². The minimum atomic E-state index is -0.163. The van der Waals surface area contributed by atoms with E-state index in [1.807, 2.05) is 30.3 Å². The van der Waals surface area contributed by atoms with Gasteiger partial charge in [0.1, 0.15) is 12.4 Å². The van der Waals surface area contributed by atoms with Crippen molar-refractivity contribution in [3.8, 4) is 5.75 Å². The van der Waals surface area contributed by atoms with Crippen LogP contribution in [-0.4, -0.2) is 38.2 Å². The Bertz CT molecular complexity index is 701. The maximum atomic E-state index is 12.1. The maximum Gasteiger partial charge on any atom is 0.321 e. The number of anilines is 1. The minimum absolute atomic E-state index is 0.106. The summed E-state index contributed by atoms with van der Waals surface area (Å²) >= 11 is 0. The number of rotatable bonds is 6. The van der Waals surface area contributed by atoms with Crippen LogP contribution in [0.5, 0.6) is 5.75 Å². The van der Waals surface area contributed by atoms with Gasteiger partial charge >= 0.3 is 6.03 Å². The number of carbonyl (C=O) groups excluding carboxylic acids is 2. The molecule has 3 amide bonds. The van der Waals surface area contributed by atoms with Crippen LogP contribution in [0, 0.1) is 0 Å². The molecule has 6 nitrogen and oxygen atoms in total. The Hall–Kier alpha value is -3.02. The van der Waals surface area contributed by atoms with Gasteiger partial charge in [0, 0.05) is 24.3 Å². The highest BCUT2D eigenvalue weighted by Gasteiger charge is 2.21. The normalized spacial score (nSPS) is 13.5. The van der Waals surface area contributed by atoms with Gasteiger partial charge < -0.3 is 15.4 Å². The summed E-state index contributed by atoms with van der Waals surface area (Å²) in [6.07, 6.45) is 0. The Morgan fingerprint density at radius 1 is 1.12 bits per heavy atom. The van der Waals surface area contributed by atoms with Crippen molar-refractivity contribution in [3.63, 3.8) is 0 Å². The highest BCUT2D eigenvalue weighted by molar-refractivity contribution is 5.96. The first kappa shape index (κ1) is 15.9. The summed E-state index contributed by atoms with van der Waals surface area (Å²) in [5, 5.41) is 5.56. The standard InChI is InChI=1S/C18H19N3O3/c22-17(19-11-13-24-16-4-2-1-3-5-16)14-6-8-15(9-7-14)21-12-10-20-18(21)23/h1-9H,10-13H2,(H,19,22)(H,20,23). The van der Waals surface area contributed by atoms with Crippen LogP contribution in [0.2, 0.25) is 0 Å². The van der Waals surface area contributed by atoms with Gasteiger partial charge in [-0.05, 0) is 36.4 Å². The van der Waals surface area contributed by atoms with Crippen LogP contribution in [0.3, 0.4) is 0 Å². The minimum Gasteiger partial charge on any atom is -0.492 e. The summed E-state index contributed by atoms with van der Waals surface area (Å²) < 4.78 is 5.52. The SMILES string of the molecule is O=C(NCCOc1ccccc1)c1ccc(N2CCNC2=O)cc1. The van der Waals surface area contributed by atoms with Crippen molar-refractivity contribution in [2.24, 2.45) is 0 Å². The highest BCUT2D eigenvalue weighted by atomic mass is 16.5. The smallest absolute Gasteiger partial charge is 0.321 e. The van der Waals surface area contributed by atoms with E-state index in [0.29, 0.717) is 31.8 Å². The van der Waals surface area contributed by atoms with Crippen LogP contribution in [-0.2, 0) is 0 Å². The van der Waals surface area contributed by atoms with Gasteiger partial charge in [0.05, 0.1) is 6.54 Å². The van der Waals surface area contributed by atoms with Crippen LogP contribution >= 0.6 is 0 Å². The number of nitrogens with one attached hydrogen (secondary N) is 2. The highest BCUT2D eigenvalue weighted by Crippen LogP contribution is 2.17. The molecule has 1 heterocycles. The van der Waals surface area contributed by atoms with Gasteiger partial charge in [-0.2, -0.15) is 0 Å². The predicted molar refractivity (Wildman–Crippen MR) is 91.5 cm³/mol. The number of para-hydroxylation sites is 1. The second-order valence-electron chi connectivity index (χ2n) is 5.35. The molecule has 0 saturated carbocycles. The fourth-order valence-electron chi connectivity index (χ4n) is 2.46. The molecule has 0 aromatic heterocycles. The second kappa shape index (κ2) is 7.50. The number of ether oxygens (including phenoxy) is 1. The summed E-state index contributed by atoms with van der Waals surface area (Å²) in [4.78, 5) is 25.3. The molecule has 2 aromatic rings. The molecule has 24 heavy (non-hydrogen) atoms. The van der Waals surface area contributed by atoms with E-state index < -0.39 is 0 Å². The van der Waals surface area contributed by atoms with Crippen molar-refractivity contribution >= 4 is 17.6 Å². The molecule has 1 saturated heterocycles. The zero-order chi connectivity index (χ0) is 16.8. The number of amides is 3. The van der Waals surface area contributed by atoms with E-state index in [-0.39, 0.29) is 11.9 Å². The van der Waals surface area contributed by atoms with E-state index in [4.69, 9.17) is 4.74 Å². The second-order valence-corrected chi connectivity index (χ2v) is 5.35. The van der Waals surface area contributed by atoms with Crippen LogP contribution in [0.25, 0.3) is 0 Å². The molecule has 2 N–H and O–H groups in total. The molecule has 1 aliphatic heterocycles. The molecule has 3 rings (SSSR count). The number of carbonyl (C=O) groups is 2. The fourth-order valence-corrected chi connectivity index (χ4v) is 2.46. The molecule has 2 aromatic carbocycles. The third kappa shape index (κ3) is 3.84. The molecular formula is C18H19N3O3. The first-order valence-electron chi connectivity index (χ1n) is 7.85. The summed E-state index contributed by atoms with van der Waals surface area (Å²) in [5.74, 6) is 0.615. The average Bonchev–Trinajstić information content (AvgIpc) is 3.05. The molecule has 124 valence electrons. The molecule has 0 spiro atoms. The van der Waals surface area contributed by atoms with E-state index in [2.05, 4.69) is 10.6 Å². The van der Waals surface area contributed by atoms with E-state index in [1.54, 1.807) is 29.2 Å². The molecule has 0 radical (unpaired) electrons. The lowest BCUT2D eigenvalue weighted by Gasteiger charge is -2.14. The Morgan fingerprint density at radius 3 is 2.54 bits per heavy atom. The quantitative estimate of drug-likeness (QED) is 0.798. The Labute approximate surface area is 140 Å². The van der Waals surface area contributed by atoms with E-state index >= 15 is 0 Å². The fraction of sp³-hybridized carbons (Fsp3) is 0.222. The Balaban J connectivity index is 1.47. The molecular weight excluding hydrogens is 306 g/mol. The van der Waals surface area contributed by atoms with Gasteiger partial charge in [0.2, 0.25) is 0 Å². The molecule has 1 fully saturated rings. The predicted octanol–water partition coefficient (Wildman–Crippen LogP) is 2.03. The molecule has 0 bridgehead atoms. The number of benzene rings is 2. The number of hydrogen-bond donors (Lipinski definition) is 2. The summed E-state index contributed by atoms with van der Waals surface area (Å²) in [6.45, 7) is 2.11. The van der Waals surface area contributed by atoms with Gasteiger partial charge in [0.25, 0.3) is 5.91 Å². The van der Waals surface area contributed by atoms with Crippen molar-refractivity contribution in [2.45, 2.75) is 0 Å². The van der Waals surface area contributed by atoms with E-state index in [9.17, 15) is 9.59 Å². The molecule has 0 aliphatic carbocycles. The van der Waals surface area contributed by atoms with Crippen molar-refractivity contribution < 1.29 is 14.3 Å². The molecule has 0 unspecified atom stereocenters. The summed E-state index contributed by atoms with van der Waals surface area (Å²) in [7, 11) is 0. The van der Waals surface area contributed by atoms with Crippen molar-refractivity contribution in [1.29, 1.82) is 0 Å². The molecule has 6 heteroatoms. The Morgan fingerprint density at radius 2 is 1.88 bits per heavy atom. The molecule has 0 atom stereocenters. The third-order valence-corrected chi connectivity index (χ3v) is 3.70. The van der Waals surface area contributed by atoms with Crippen molar-refractivity contribution in [3.05, 3.63) is 60.2 Å².